The van der Waals surface area contributed by atoms with E-state index in [-0.39, 0.29) is 0 Å². The highest BCUT2D eigenvalue weighted by Crippen LogP contribution is 2.34. The number of carboxylic acids is 1. The second-order valence-corrected chi connectivity index (χ2v) is 5.97. The topological polar surface area (TPSA) is 95.9 Å². The highest BCUT2D eigenvalue weighted by atomic mass is 16.5. The summed E-state index contributed by atoms with van der Waals surface area (Å²) in [6.07, 6.45) is 2.83. The van der Waals surface area contributed by atoms with E-state index in [1.807, 2.05) is 6.07 Å². The van der Waals surface area contributed by atoms with E-state index in [2.05, 4.69) is 15.3 Å². The van der Waals surface area contributed by atoms with Gasteiger partial charge in [0.1, 0.15) is 11.7 Å². The lowest BCUT2D eigenvalue weighted by Crippen LogP contribution is -2.31. The molecule has 0 radical (unpaired) electrons. The van der Waals surface area contributed by atoms with Gasteiger partial charge in [0, 0.05) is 30.8 Å². The number of aliphatic imine (C=N–C) groups is 1. The first-order valence-corrected chi connectivity index (χ1v) is 8.43. The van der Waals surface area contributed by atoms with Crippen molar-refractivity contribution in [2.24, 2.45) is 4.99 Å². The second-order valence-electron chi connectivity index (χ2n) is 5.97. The molecule has 1 aromatic carbocycles. The molecule has 7 nitrogen and oxygen atoms in total. The van der Waals surface area contributed by atoms with Crippen molar-refractivity contribution >= 4 is 23.1 Å². The van der Waals surface area contributed by atoms with E-state index < -0.39 is 18.1 Å². The normalized spacial score (nSPS) is 17.4. The van der Waals surface area contributed by atoms with Gasteiger partial charge >= 0.3 is 0 Å². The number of methoxy groups -OCH3 is 2. The SMILES string of the molecule is COC1=C(Nc2ccncc2)C([C@@H](C)OC)=N[C@H](C(=O)[O-])c2ccccc21. The number of fused-ring (bicyclic) bond motifs is 1. The molecule has 0 saturated heterocycles. The Labute approximate surface area is 157 Å². The molecule has 0 fully saturated rings. The van der Waals surface area contributed by atoms with Gasteiger partial charge in [0.05, 0.1) is 24.9 Å². The largest absolute Gasteiger partial charge is 0.547 e. The van der Waals surface area contributed by atoms with Crippen molar-refractivity contribution in [2.45, 2.75) is 19.1 Å². The van der Waals surface area contributed by atoms with Crippen molar-refractivity contribution in [1.29, 1.82) is 0 Å². The number of hydrogen-bond acceptors (Lipinski definition) is 7. The molecule has 3 rings (SSSR count). The zero-order valence-electron chi connectivity index (χ0n) is 15.3. The molecule has 7 heteroatoms. The number of carbonyl (C=O) groups excluding carboxylic acids is 1. The van der Waals surface area contributed by atoms with Crippen LogP contribution in [0.2, 0.25) is 0 Å². The van der Waals surface area contributed by atoms with Crippen molar-refractivity contribution in [3.8, 4) is 0 Å². The molecule has 0 saturated carbocycles. The van der Waals surface area contributed by atoms with Crippen molar-refractivity contribution in [3.63, 3.8) is 0 Å². The Hall–Kier alpha value is -3.19. The van der Waals surface area contributed by atoms with E-state index in [9.17, 15) is 9.90 Å². The number of nitrogens with one attached hydrogen (secondary N) is 1. The molecule has 0 aliphatic carbocycles. The Morgan fingerprint density at radius 2 is 1.89 bits per heavy atom. The lowest BCUT2D eigenvalue weighted by molar-refractivity contribution is -0.307. The summed E-state index contributed by atoms with van der Waals surface area (Å²) in [5.41, 5.74) is 2.86. The molecule has 140 valence electrons. The maximum absolute atomic E-state index is 11.8. The first kappa shape index (κ1) is 18.6. The monoisotopic (exact) mass is 366 g/mol. The molecular weight excluding hydrogens is 346 g/mol. The maximum atomic E-state index is 11.8. The Bertz CT molecular complexity index is 893. The molecule has 0 unspecified atom stereocenters. The van der Waals surface area contributed by atoms with Crippen molar-refractivity contribution < 1.29 is 19.4 Å². The van der Waals surface area contributed by atoms with Crippen molar-refractivity contribution in [1.82, 2.24) is 4.98 Å². The van der Waals surface area contributed by atoms with Gasteiger partial charge in [-0.3, -0.25) is 9.98 Å². The summed E-state index contributed by atoms with van der Waals surface area (Å²) in [5.74, 6) is -0.808. The number of rotatable bonds is 6. The minimum atomic E-state index is -1.29. The number of aromatic nitrogens is 1. The molecule has 0 amide bonds. The zero-order chi connectivity index (χ0) is 19.4. The molecule has 1 aromatic heterocycles. The van der Waals surface area contributed by atoms with Crippen LogP contribution in [0.15, 0.2) is 59.5 Å². The van der Waals surface area contributed by atoms with E-state index in [4.69, 9.17) is 9.47 Å². The number of carboxylic acid groups (broad SMARTS) is 1. The zero-order valence-corrected chi connectivity index (χ0v) is 15.3. The number of ether oxygens (including phenoxy) is 2. The third kappa shape index (κ3) is 3.68. The Morgan fingerprint density at radius 3 is 2.52 bits per heavy atom. The van der Waals surface area contributed by atoms with Crippen LogP contribution in [-0.2, 0) is 14.3 Å². The lowest BCUT2D eigenvalue weighted by Gasteiger charge is -2.20. The number of pyridine rings is 1. The summed E-state index contributed by atoms with van der Waals surface area (Å²) in [4.78, 5) is 20.3. The summed E-state index contributed by atoms with van der Waals surface area (Å²) < 4.78 is 11.1. The Kier molecular flexibility index (Phi) is 5.52. The summed E-state index contributed by atoms with van der Waals surface area (Å²) in [7, 11) is 3.07. The van der Waals surface area contributed by atoms with Crippen molar-refractivity contribution in [2.75, 3.05) is 19.5 Å². The van der Waals surface area contributed by atoms with Crippen LogP contribution < -0.4 is 10.4 Å². The fraction of sp³-hybridized carbons (Fsp3) is 0.250. The first-order chi connectivity index (χ1) is 13.1. The van der Waals surface area contributed by atoms with Gasteiger partial charge in [0.15, 0.2) is 5.76 Å². The van der Waals surface area contributed by atoms with Crippen LogP contribution in [0.3, 0.4) is 0 Å². The molecule has 0 spiro atoms. The van der Waals surface area contributed by atoms with Gasteiger partial charge in [0.25, 0.3) is 0 Å². The summed E-state index contributed by atoms with van der Waals surface area (Å²) in [6, 6.07) is 9.51. The summed E-state index contributed by atoms with van der Waals surface area (Å²) in [5, 5.41) is 15.1. The average molecular weight is 366 g/mol. The molecule has 27 heavy (non-hydrogen) atoms. The molecule has 1 aliphatic rings. The van der Waals surface area contributed by atoms with Gasteiger partial charge in [-0.2, -0.15) is 0 Å². The van der Waals surface area contributed by atoms with E-state index >= 15 is 0 Å². The highest BCUT2D eigenvalue weighted by molar-refractivity contribution is 6.12. The number of hydrogen-bond donors (Lipinski definition) is 1. The highest BCUT2D eigenvalue weighted by Gasteiger charge is 2.30. The van der Waals surface area contributed by atoms with E-state index in [1.54, 1.807) is 49.6 Å². The molecule has 0 bridgehead atoms. The Morgan fingerprint density at radius 1 is 1.19 bits per heavy atom. The average Bonchev–Trinajstić information content (AvgIpc) is 2.82. The minimum absolute atomic E-state index is 0.427. The summed E-state index contributed by atoms with van der Waals surface area (Å²) >= 11 is 0. The van der Waals surface area contributed by atoms with E-state index in [0.29, 0.717) is 28.3 Å². The number of anilines is 1. The number of nitrogens with zero attached hydrogens (tertiary/aromatic N) is 2. The first-order valence-electron chi connectivity index (χ1n) is 8.43. The maximum Gasteiger partial charge on any atom is 0.151 e. The standard InChI is InChI=1S/C20H21N3O4/c1-12(26-2)16-18(22-13-8-10-21-11-9-13)19(27-3)15-7-5-4-6-14(15)17(23-16)20(24)25/h4-12,17H,1-3H3,(H,21,22)(H,24,25)/p-1/t12-,17+/m1/s1. The van der Waals surface area contributed by atoms with Crippen LogP contribution >= 0.6 is 0 Å². The fourth-order valence-corrected chi connectivity index (χ4v) is 2.98. The fourth-order valence-electron chi connectivity index (χ4n) is 2.98. The smallest absolute Gasteiger partial charge is 0.151 e. The van der Waals surface area contributed by atoms with Gasteiger partial charge in [-0.05, 0) is 24.6 Å². The van der Waals surface area contributed by atoms with E-state index in [0.717, 1.165) is 5.69 Å². The van der Waals surface area contributed by atoms with Crippen LogP contribution in [0.1, 0.15) is 24.1 Å². The van der Waals surface area contributed by atoms with Gasteiger partial charge in [-0.1, -0.05) is 24.3 Å². The predicted molar refractivity (Wildman–Crippen MR) is 99.9 cm³/mol. The minimum Gasteiger partial charge on any atom is -0.547 e. The van der Waals surface area contributed by atoms with Gasteiger partial charge in [-0.25, -0.2) is 0 Å². The number of carbonyl (C=O) groups is 1. The van der Waals surface area contributed by atoms with E-state index in [1.165, 1.54) is 14.2 Å². The van der Waals surface area contributed by atoms with Crippen LogP contribution in [-0.4, -0.2) is 37.0 Å². The lowest BCUT2D eigenvalue weighted by atomic mass is 9.99. The van der Waals surface area contributed by atoms with Crippen LogP contribution in [0.5, 0.6) is 0 Å². The van der Waals surface area contributed by atoms with Crippen molar-refractivity contribution in [3.05, 3.63) is 65.6 Å². The molecule has 1 aliphatic heterocycles. The quantitative estimate of drug-likeness (QED) is 0.837. The third-order valence-electron chi connectivity index (χ3n) is 4.37. The third-order valence-corrected chi connectivity index (χ3v) is 4.37. The number of aliphatic carboxylic acids is 1. The van der Waals surface area contributed by atoms with Crippen LogP contribution in [0.25, 0.3) is 5.76 Å². The van der Waals surface area contributed by atoms with Gasteiger partial charge < -0.3 is 24.7 Å². The van der Waals surface area contributed by atoms with Gasteiger partial charge in [0.2, 0.25) is 0 Å². The second kappa shape index (κ2) is 8.01. The molecule has 2 heterocycles. The van der Waals surface area contributed by atoms with Gasteiger partial charge in [-0.15, -0.1) is 0 Å². The molecule has 2 atom stereocenters. The molecule has 1 N–H and O–H groups in total. The molecule has 2 aromatic rings. The predicted octanol–water partition coefficient (Wildman–Crippen LogP) is 1.79. The molecular formula is C20H20N3O4-. The van der Waals surface area contributed by atoms with Crippen LogP contribution in [0.4, 0.5) is 5.69 Å². The number of benzene rings is 1. The Balaban J connectivity index is 2.27. The summed E-state index contributed by atoms with van der Waals surface area (Å²) in [6.45, 7) is 1.79. The van der Waals surface area contributed by atoms with Crippen LogP contribution in [0, 0.1) is 0 Å².